The lowest BCUT2D eigenvalue weighted by Crippen LogP contribution is -2.31. The second-order valence-corrected chi connectivity index (χ2v) is 4.01. The molecule has 0 heterocycles. The van der Waals surface area contributed by atoms with Crippen LogP contribution in [0.1, 0.15) is 12.5 Å². The van der Waals surface area contributed by atoms with Gasteiger partial charge >= 0.3 is 0 Å². The standard InChI is InChI=1S/C10H11ClN4O2S/c1-2-12-10(18)14-13-6-7-5-8(15(16)17)3-4-9(7)11/h3-6H,2H2,1H3,(H2,12,14,18)/b13-6+. The molecule has 0 bridgehead atoms. The maximum Gasteiger partial charge on any atom is 0.270 e. The minimum atomic E-state index is -0.496. The fourth-order valence-electron chi connectivity index (χ4n) is 1.10. The molecule has 0 saturated carbocycles. The molecule has 8 heteroatoms. The molecule has 0 saturated heterocycles. The Labute approximate surface area is 114 Å². The number of nitro benzene ring substituents is 1. The zero-order chi connectivity index (χ0) is 13.5. The quantitative estimate of drug-likeness (QED) is 0.383. The minimum Gasteiger partial charge on any atom is -0.362 e. The van der Waals surface area contributed by atoms with Gasteiger partial charge in [-0.1, -0.05) is 11.6 Å². The first kappa shape index (κ1) is 14.3. The summed E-state index contributed by atoms with van der Waals surface area (Å²) in [6.45, 7) is 2.58. The monoisotopic (exact) mass is 286 g/mol. The maximum atomic E-state index is 10.6. The molecule has 0 aromatic heterocycles. The molecule has 18 heavy (non-hydrogen) atoms. The molecule has 0 radical (unpaired) electrons. The van der Waals surface area contributed by atoms with E-state index in [0.717, 1.165) is 0 Å². The molecule has 96 valence electrons. The van der Waals surface area contributed by atoms with Crippen LogP contribution in [-0.2, 0) is 0 Å². The van der Waals surface area contributed by atoms with Crippen molar-refractivity contribution >= 4 is 40.8 Å². The van der Waals surface area contributed by atoms with Gasteiger partial charge in [0.25, 0.3) is 5.69 Å². The van der Waals surface area contributed by atoms with Crippen LogP contribution in [0, 0.1) is 10.1 Å². The Kier molecular flexibility index (Phi) is 5.47. The van der Waals surface area contributed by atoms with Crippen LogP contribution in [0.4, 0.5) is 5.69 Å². The van der Waals surface area contributed by atoms with Crippen molar-refractivity contribution in [3.05, 3.63) is 38.9 Å². The fourth-order valence-corrected chi connectivity index (χ4v) is 1.47. The summed E-state index contributed by atoms with van der Waals surface area (Å²) >= 11 is 10.8. The number of nitrogens with zero attached hydrogens (tertiary/aromatic N) is 2. The zero-order valence-electron chi connectivity index (χ0n) is 9.51. The summed E-state index contributed by atoms with van der Waals surface area (Å²) in [5.41, 5.74) is 2.97. The number of benzene rings is 1. The number of nitro groups is 1. The highest BCUT2D eigenvalue weighted by Crippen LogP contribution is 2.20. The summed E-state index contributed by atoms with van der Waals surface area (Å²) in [4.78, 5) is 10.1. The molecule has 0 fully saturated rings. The summed E-state index contributed by atoms with van der Waals surface area (Å²) in [6, 6.07) is 4.11. The van der Waals surface area contributed by atoms with Gasteiger partial charge < -0.3 is 5.32 Å². The molecular formula is C10H11ClN4O2S. The summed E-state index contributed by atoms with van der Waals surface area (Å²) < 4.78 is 0. The molecule has 0 spiro atoms. The van der Waals surface area contributed by atoms with Gasteiger partial charge in [0.05, 0.1) is 11.1 Å². The smallest absolute Gasteiger partial charge is 0.270 e. The molecule has 0 aliphatic rings. The number of hydrazone groups is 1. The van der Waals surface area contributed by atoms with E-state index in [1.165, 1.54) is 24.4 Å². The number of hydrogen-bond donors (Lipinski definition) is 2. The summed E-state index contributed by atoms with van der Waals surface area (Å²) in [5.74, 6) is 0. The van der Waals surface area contributed by atoms with E-state index in [1.807, 2.05) is 6.92 Å². The number of hydrogen-bond acceptors (Lipinski definition) is 4. The van der Waals surface area contributed by atoms with Gasteiger partial charge in [-0.3, -0.25) is 15.5 Å². The third-order valence-electron chi connectivity index (χ3n) is 1.90. The van der Waals surface area contributed by atoms with Crippen LogP contribution in [0.2, 0.25) is 5.02 Å². The Morgan fingerprint density at radius 3 is 3.00 bits per heavy atom. The lowest BCUT2D eigenvalue weighted by Gasteiger charge is -2.03. The number of nitrogens with one attached hydrogen (secondary N) is 2. The van der Waals surface area contributed by atoms with Gasteiger partial charge in [-0.25, -0.2) is 0 Å². The predicted octanol–water partition coefficient (Wildman–Crippen LogP) is 2.07. The van der Waals surface area contributed by atoms with E-state index in [4.69, 9.17) is 23.8 Å². The molecule has 0 unspecified atom stereocenters. The van der Waals surface area contributed by atoms with Crippen molar-refractivity contribution in [3.63, 3.8) is 0 Å². The highest BCUT2D eigenvalue weighted by molar-refractivity contribution is 7.80. The van der Waals surface area contributed by atoms with Gasteiger partial charge in [0.2, 0.25) is 0 Å². The minimum absolute atomic E-state index is 0.0462. The average molecular weight is 287 g/mol. The van der Waals surface area contributed by atoms with E-state index in [1.54, 1.807) is 0 Å². The van der Waals surface area contributed by atoms with Gasteiger partial charge in [-0.2, -0.15) is 5.10 Å². The van der Waals surface area contributed by atoms with Crippen molar-refractivity contribution < 1.29 is 4.92 Å². The molecule has 1 rings (SSSR count). The van der Waals surface area contributed by atoms with Gasteiger partial charge in [-0.15, -0.1) is 0 Å². The summed E-state index contributed by atoms with van der Waals surface area (Å²) in [6.07, 6.45) is 1.37. The summed E-state index contributed by atoms with van der Waals surface area (Å²) in [5, 5.41) is 18.0. The first-order valence-corrected chi connectivity index (χ1v) is 5.84. The van der Waals surface area contributed by atoms with E-state index in [-0.39, 0.29) is 5.69 Å². The normalized spacial score (nSPS) is 10.3. The van der Waals surface area contributed by atoms with Crippen molar-refractivity contribution in [2.24, 2.45) is 5.10 Å². The van der Waals surface area contributed by atoms with Crippen LogP contribution in [0.25, 0.3) is 0 Å². The van der Waals surface area contributed by atoms with Crippen molar-refractivity contribution in [1.82, 2.24) is 10.7 Å². The molecule has 1 aromatic carbocycles. The zero-order valence-corrected chi connectivity index (χ0v) is 11.1. The van der Waals surface area contributed by atoms with E-state index in [0.29, 0.717) is 22.2 Å². The highest BCUT2D eigenvalue weighted by Gasteiger charge is 2.08. The predicted molar refractivity (Wildman–Crippen MR) is 75.1 cm³/mol. The lowest BCUT2D eigenvalue weighted by atomic mass is 10.2. The van der Waals surface area contributed by atoms with Crippen LogP contribution in [0.3, 0.4) is 0 Å². The van der Waals surface area contributed by atoms with E-state index in [9.17, 15) is 10.1 Å². The molecular weight excluding hydrogens is 276 g/mol. The van der Waals surface area contributed by atoms with Gasteiger partial charge in [-0.05, 0) is 25.2 Å². The molecule has 0 aliphatic carbocycles. The third kappa shape index (κ3) is 4.27. The van der Waals surface area contributed by atoms with E-state index >= 15 is 0 Å². The summed E-state index contributed by atoms with van der Waals surface area (Å²) in [7, 11) is 0. The Balaban J connectivity index is 2.77. The van der Waals surface area contributed by atoms with Crippen molar-refractivity contribution in [2.75, 3.05) is 6.54 Å². The molecule has 0 atom stereocenters. The van der Waals surface area contributed by atoms with E-state index in [2.05, 4.69) is 15.8 Å². The van der Waals surface area contributed by atoms with Crippen molar-refractivity contribution in [2.45, 2.75) is 6.92 Å². The van der Waals surface area contributed by atoms with Crippen molar-refractivity contribution in [3.8, 4) is 0 Å². The van der Waals surface area contributed by atoms with Gasteiger partial charge in [0.15, 0.2) is 5.11 Å². The Bertz CT molecular complexity index is 493. The topological polar surface area (TPSA) is 79.6 Å². The van der Waals surface area contributed by atoms with Gasteiger partial charge in [0.1, 0.15) is 0 Å². The molecule has 0 amide bonds. The van der Waals surface area contributed by atoms with Crippen molar-refractivity contribution in [1.29, 1.82) is 0 Å². The SMILES string of the molecule is CCNC(=S)N/N=C/c1cc([N+](=O)[O-])ccc1Cl. The third-order valence-corrected chi connectivity index (χ3v) is 2.48. The number of non-ortho nitro benzene ring substituents is 1. The first-order valence-electron chi connectivity index (χ1n) is 5.05. The average Bonchev–Trinajstić information content (AvgIpc) is 2.31. The number of thiocarbonyl (C=S) groups is 1. The molecule has 1 aromatic rings. The van der Waals surface area contributed by atoms with E-state index < -0.39 is 4.92 Å². The maximum absolute atomic E-state index is 10.6. The molecule has 2 N–H and O–H groups in total. The number of rotatable bonds is 4. The lowest BCUT2D eigenvalue weighted by molar-refractivity contribution is -0.384. The first-order chi connectivity index (χ1) is 8.54. The molecule has 0 aliphatic heterocycles. The largest absolute Gasteiger partial charge is 0.362 e. The number of halogens is 1. The van der Waals surface area contributed by atoms with Gasteiger partial charge in [0, 0.05) is 29.3 Å². The second kappa shape index (κ2) is 6.87. The second-order valence-electron chi connectivity index (χ2n) is 3.19. The van der Waals surface area contributed by atoms with Crippen LogP contribution in [0.15, 0.2) is 23.3 Å². The van der Waals surface area contributed by atoms with Crippen LogP contribution < -0.4 is 10.7 Å². The Morgan fingerprint density at radius 1 is 1.67 bits per heavy atom. The Morgan fingerprint density at radius 2 is 2.39 bits per heavy atom. The van der Waals surface area contributed by atoms with Crippen LogP contribution in [0.5, 0.6) is 0 Å². The molecule has 6 nitrogen and oxygen atoms in total. The fraction of sp³-hybridized carbons (Fsp3) is 0.200. The Hall–Kier alpha value is -1.73. The highest BCUT2D eigenvalue weighted by atomic mass is 35.5. The van der Waals surface area contributed by atoms with Crippen LogP contribution in [-0.4, -0.2) is 22.8 Å². The van der Waals surface area contributed by atoms with Crippen LogP contribution >= 0.6 is 23.8 Å².